The van der Waals surface area contributed by atoms with Crippen molar-refractivity contribution in [3.05, 3.63) is 24.3 Å². The summed E-state index contributed by atoms with van der Waals surface area (Å²) in [5, 5.41) is 51.3. The van der Waals surface area contributed by atoms with Crippen LogP contribution < -0.4 is 136 Å². The molecule has 16 heteroatoms. The van der Waals surface area contributed by atoms with Gasteiger partial charge < -0.3 is 49.5 Å². The first kappa shape index (κ1) is 46.9. The second kappa shape index (κ2) is 30.7. The Balaban J connectivity index is -0.000000122. The molecule has 0 aliphatic carbocycles. The predicted octanol–water partition coefficient (Wildman–Crippen LogP) is -16.9. The second-order valence-corrected chi connectivity index (χ2v) is 5.11. The van der Waals surface area contributed by atoms with E-state index in [2.05, 4.69) is 0 Å². The summed E-state index contributed by atoms with van der Waals surface area (Å²) in [6, 6.07) is 0. The zero-order chi connectivity index (χ0) is 22.1. The van der Waals surface area contributed by atoms with E-state index in [1.165, 1.54) is 6.08 Å². The van der Waals surface area contributed by atoms with Gasteiger partial charge in [-0.1, -0.05) is 18.2 Å². The number of carboxylic acids is 5. The number of nitrogens with zero attached hydrogens (tertiary/aromatic N) is 2. The third-order valence-electron chi connectivity index (χ3n) is 2.68. The number of carbonyl (C=O) groups excluding carboxylic acids is 5. The first-order valence-corrected chi connectivity index (χ1v) is 7.72. The van der Waals surface area contributed by atoms with Crippen LogP contribution in [-0.4, -0.2) is 117 Å². The molecule has 158 valence electrons. The molecule has 0 aromatic rings. The van der Waals surface area contributed by atoms with Crippen LogP contribution in [0.2, 0.25) is 0 Å². The van der Waals surface area contributed by atoms with Crippen LogP contribution in [0.25, 0.3) is 0 Å². The Bertz CT molecular complexity index is 556. The van der Waals surface area contributed by atoms with Crippen molar-refractivity contribution in [1.29, 1.82) is 0 Å². The zero-order valence-corrected chi connectivity index (χ0v) is 28.1. The van der Waals surface area contributed by atoms with Gasteiger partial charge in [0, 0.05) is 39.3 Å². The summed E-state index contributed by atoms with van der Waals surface area (Å²) >= 11 is 0. The van der Waals surface area contributed by atoms with Gasteiger partial charge in [0.25, 0.3) is 0 Å². The van der Waals surface area contributed by atoms with Gasteiger partial charge in [0.2, 0.25) is 0 Å². The van der Waals surface area contributed by atoms with Crippen molar-refractivity contribution in [3.8, 4) is 0 Å². The molecule has 0 heterocycles. The molecule has 32 heavy (non-hydrogen) atoms. The first-order valence-electron chi connectivity index (χ1n) is 7.72. The number of aliphatic carboxylic acids is 5. The molecule has 0 N–H and O–H groups in total. The summed E-state index contributed by atoms with van der Waals surface area (Å²) in [6.07, 6.45) is 5.74. The van der Waals surface area contributed by atoms with Gasteiger partial charge in [-0.05, 0) is 13.0 Å². The largest absolute Gasteiger partial charge is 2.00 e. The molecule has 0 aliphatic rings. The summed E-state index contributed by atoms with van der Waals surface area (Å²) in [7, 11) is 0. The molecule has 0 fully saturated rings. The van der Waals surface area contributed by atoms with Crippen LogP contribution in [0.1, 0.15) is 6.92 Å². The summed E-state index contributed by atoms with van der Waals surface area (Å²) in [6.45, 7) is -1.45. The molecule has 0 aromatic carbocycles. The molecule has 0 aromatic heterocycles. The zero-order valence-electron chi connectivity index (χ0n) is 18.7. The molecule has 0 unspecified atom stereocenters. The summed E-state index contributed by atoms with van der Waals surface area (Å²) in [5.41, 5.74) is 0. The Labute approximate surface area is 302 Å². The SMILES string of the molecule is C/C=C/C=C/C(=O)[O-].O=C([O-])CN(CCN(CC(=O)[O-])CC(=O)[O-])CC(=O)[O-].[Ca+2].[K+].[Na+].[Na+]. The molecular formula is C16H19CaKN2Na2O10. The van der Waals surface area contributed by atoms with Crippen molar-refractivity contribution in [2.75, 3.05) is 39.3 Å². The van der Waals surface area contributed by atoms with E-state index in [9.17, 15) is 49.5 Å². The normalized spacial score (nSPS) is 9.47. The van der Waals surface area contributed by atoms with Gasteiger partial charge in [0.1, 0.15) is 0 Å². The van der Waals surface area contributed by atoms with Crippen LogP contribution in [-0.2, 0) is 24.0 Å². The maximum absolute atomic E-state index is 10.4. The van der Waals surface area contributed by atoms with Crippen LogP contribution in [0.5, 0.6) is 0 Å². The van der Waals surface area contributed by atoms with E-state index in [0.29, 0.717) is 0 Å². The van der Waals surface area contributed by atoms with Gasteiger partial charge in [0.05, 0.1) is 29.8 Å². The van der Waals surface area contributed by atoms with Crippen LogP contribution in [0, 0.1) is 0 Å². The van der Waals surface area contributed by atoms with Gasteiger partial charge in [-0.3, -0.25) is 9.80 Å². The molecule has 0 amide bonds. The number of hydrogen-bond acceptors (Lipinski definition) is 12. The van der Waals surface area contributed by atoms with Crippen molar-refractivity contribution >= 4 is 67.6 Å². The van der Waals surface area contributed by atoms with Gasteiger partial charge >= 0.3 is 148 Å². The number of carboxylic acid groups (broad SMARTS) is 5. The average molecular weight is 524 g/mol. The van der Waals surface area contributed by atoms with E-state index < -0.39 is 56.0 Å². The minimum absolute atomic E-state index is 0. The summed E-state index contributed by atoms with van der Waals surface area (Å²) < 4.78 is 0. The Kier molecular flexibility index (Phi) is 45.0. The standard InChI is InChI=1S/C10H16N2O8.C6H8O2.Ca.K.2Na/c13-7(14)3-11(4-8(15)16)1-2-12(5-9(17)18)6-10(19)20;1-2-3-4-5-6(7)8;;;;/h1-6H2,(H,13,14)(H,15,16)(H,17,18)(H,19,20);2-5H,1H3,(H,7,8);;;;/q;;+2;3*+1/p-5/b;3-2+,5-4+;;;;. The van der Waals surface area contributed by atoms with Crippen molar-refractivity contribution in [2.45, 2.75) is 6.92 Å². The van der Waals surface area contributed by atoms with Crippen molar-refractivity contribution in [1.82, 2.24) is 9.80 Å². The van der Waals surface area contributed by atoms with Crippen LogP contribution >= 0.6 is 0 Å². The van der Waals surface area contributed by atoms with Crippen LogP contribution in [0.3, 0.4) is 0 Å². The fourth-order valence-electron chi connectivity index (χ4n) is 1.69. The molecule has 0 aliphatic heterocycles. The fraction of sp³-hybridized carbons (Fsp3) is 0.438. The Hall–Kier alpha value is 1.65. The van der Waals surface area contributed by atoms with Gasteiger partial charge in [-0.15, -0.1) is 0 Å². The number of hydrogen-bond donors (Lipinski definition) is 0. The molecule has 0 radical (unpaired) electrons. The molecule has 0 rings (SSSR count). The third kappa shape index (κ3) is 38.9. The number of allylic oxidation sites excluding steroid dienone is 3. The van der Waals surface area contributed by atoms with E-state index in [1.54, 1.807) is 19.1 Å². The van der Waals surface area contributed by atoms with Crippen molar-refractivity contribution < 1.29 is 160 Å². The maximum atomic E-state index is 10.4. The summed E-state index contributed by atoms with van der Waals surface area (Å²) in [5.74, 6) is -7.28. The van der Waals surface area contributed by atoms with E-state index >= 15 is 0 Å². The molecule has 0 saturated carbocycles. The molecule has 12 nitrogen and oxygen atoms in total. The van der Waals surface area contributed by atoms with Gasteiger partial charge in [0.15, 0.2) is 0 Å². The molecule has 0 spiro atoms. The Morgan fingerprint density at radius 2 is 0.938 bits per heavy atom. The third-order valence-corrected chi connectivity index (χ3v) is 2.68. The number of rotatable bonds is 13. The fourth-order valence-corrected chi connectivity index (χ4v) is 1.69. The molecule has 0 atom stereocenters. The average Bonchev–Trinajstić information content (AvgIpc) is 2.50. The molecular weight excluding hydrogens is 505 g/mol. The second-order valence-electron chi connectivity index (χ2n) is 5.11. The first-order chi connectivity index (χ1) is 13.0. The summed E-state index contributed by atoms with van der Waals surface area (Å²) in [4.78, 5) is 53.1. The Morgan fingerprint density at radius 3 is 1.12 bits per heavy atom. The maximum Gasteiger partial charge on any atom is 2.00 e. The van der Waals surface area contributed by atoms with E-state index in [0.717, 1.165) is 15.9 Å². The molecule has 0 bridgehead atoms. The quantitative estimate of drug-likeness (QED) is 0.125. The smallest absolute Gasteiger partial charge is 0.549 e. The Morgan fingerprint density at radius 1 is 0.656 bits per heavy atom. The van der Waals surface area contributed by atoms with E-state index in [1.807, 2.05) is 0 Å². The van der Waals surface area contributed by atoms with Crippen molar-refractivity contribution in [3.63, 3.8) is 0 Å². The monoisotopic (exact) mass is 524 g/mol. The van der Waals surface area contributed by atoms with E-state index in [4.69, 9.17) is 0 Å². The number of carbonyl (C=O) groups is 5. The topological polar surface area (TPSA) is 207 Å². The molecule has 0 saturated heterocycles. The van der Waals surface area contributed by atoms with Crippen LogP contribution in [0.15, 0.2) is 24.3 Å². The van der Waals surface area contributed by atoms with Crippen LogP contribution in [0.4, 0.5) is 0 Å². The van der Waals surface area contributed by atoms with Gasteiger partial charge in [-0.2, -0.15) is 0 Å². The predicted molar refractivity (Wildman–Crippen MR) is 87.6 cm³/mol. The van der Waals surface area contributed by atoms with Gasteiger partial charge in [-0.25, -0.2) is 0 Å². The van der Waals surface area contributed by atoms with Crippen molar-refractivity contribution in [2.24, 2.45) is 0 Å². The van der Waals surface area contributed by atoms with E-state index in [-0.39, 0.29) is 161 Å². The minimum Gasteiger partial charge on any atom is -0.549 e. The minimum atomic E-state index is -1.53.